The summed E-state index contributed by atoms with van der Waals surface area (Å²) in [6, 6.07) is 7.93. The summed E-state index contributed by atoms with van der Waals surface area (Å²) < 4.78 is 0. The number of halogens is 1. The summed E-state index contributed by atoms with van der Waals surface area (Å²) in [5, 5.41) is 6.33. The number of piperazine rings is 1. The van der Waals surface area contributed by atoms with Crippen LogP contribution in [-0.2, 0) is 5.41 Å². The van der Waals surface area contributed by atoms with Crippen molar-refractivity contribution in [3.63, 3.8) is 0 Å². The maximum absolute atomic E-state index is 12.1. The molecule has 1 heterocycles. The molecule has 1 aliphatic rings. The van der Waals surface area contributed by atoms with Gasteiger partial charge in [-0.3, -0.25) is 9.69 Å². The molecule has 124 valence electrons. The fraction of sp³-hybridized carbons (Fsp3) is 0.588. The van der Waals surface area contributed by atoms with Gasteiger partial charge in [0.25, 0.3) is 5.91 Å². The van der Waals surface area contributed by atoms with E-state index >= 15 is 0 Å². The van der Waals surface area contributed by atoms with E-state index in [0.717, 1.165) is 38.3 Å². The molecule has 4 nitrogen and oxygen atoms in total. The molecule has 1 aliphatic heterocycles. The average Bonchev–Trinajstić information content (AvgIpc) is 2.47. The molecule has 0 saturated carbocycles. The van der Waals surface area contributed by atoms with Crippen LogP contribution in [0.1, 0.15) is 36.7 Å². The predicted octanol–water partition coefficient (Wildman–Crippen LogP) is 2.04. The third kappa shape index (κ3) is 5.59. The minimum absolute atomic E-state index is 0. The first kappa shape index (κ1) is 18.9. The average molecular weight is 326 g/mol. The first-order valence-corrected chi connectivity index (χ1v) is 7.78. The lowest BCUT2D eigenvalue weighted by Gasteiger charge is -2.27. The molecule has 1 saturated heterocycles. The minimum atomic E-state index is 0. The van der Waals surface area contributed by atoms with Crippen LogP contribution in [0.15, 0.2) is 24.3 Å². The van der Waals surface area contributed by atoms with Crippen molar-refractivity contribution in [1.82, 2.24) is 15.5 Å². The lowest BCUT2D eigenvalue weighted by molar-refractivity contribution is 0.0947. The number of nitrogens with zero attached hydrogens (tertiary/aromatic N) is 1. The van der Waals surface area contributed by atoms with Gasteiger partial charge in [-0.05, 0) is 23.1 Å². The van der Waals surface area contributed by atoms with Gasteiger partial charge in [-0.15, -0.1) is 12.4 Å². The summed E-state index contributed by atoms with van der Waals surface area (Å²) in [5.41, 5.74) is 2.11. The highest BCUT2D eigenvalue weighted by atomic mass is 35.5. The second kappa shape index (κ2) is 8.51. The quantitative estimate of drug-likeness (QED) is 0.890. The maximum atomic E-state index is 12.1. The molecule has 0 atom stereocenters. The van der Waals surface area contributed by atoms with Gasteiger partial charge in [0.1, 0.15) is 0 Å². The summed E-state index contributed by atoms with van der Waals surface area (Å²) in [4.78, 5) is 14.5. The third-order valence-corrected chi connectivity index (χ3v) is 3.94. The van der Waals surface area contributed by atoms with E-state index in [-0.39, 0.29) is 23.7 Å². The molecule has 1 fully saturated rings. The van der Waals surface area contributed by atoms with Crippen molar-refractivity contribution in [3.8, 4) is 0 Å². The van der Waals surface area contributed by atoms with Gasteiger partial charge >= 0.3 is 0 Å². The number of amides is 1. The van der Waals surface area contributed by atoms with E-state index in [1.807, 2.05) is 24.3 Å². The standard InChI is InChI=1S/C17H27N3O.ClH/c1-17(2,3)15-6-4-14(5-7-15)16(21)19-10-13-20-11-8-18-9-12-20;/h4-7,18H,8-13H2,1-3H3,(H,19,21);1H. The van der Waals surface area contributed by atoms with Crippen LogP contribution in [0, 0.1) is 0 Å². The summed E-state index contributed by atoms with van der Waals surface area (Å²) in [5.74, 6) is 0.0191. The Balaban J connectivity index is 0.00000242. The molecule has 0 aromatic heterocycles. The normalized spacial score (nSPS) is 16.0. The summed E-state index contributed by atoms with van der Waals surface area (Å²) in [6.45, 7) is 12.4. The molecule has 5 heteroatoms. The number of hydrogen-bond acceptors (Lipinski definition) is 3. The molecular weight excluding hydrogens is 298 g/mol. The Kier molecular flexibility index (Phi) is 7.33. The van der Waals surface area contributed by atoms with Crippen LogP contribution in [0.5, 0.6) is 0 Å². The Hall–Kier alpha value is -1.10. The van der Waals surface area contributed by atoms with Crippen LogP contribution in [0.4, 0.5) is 0 Å². The fourth-order valence-corrected chi connectivity index (χ4v) is 2.49. The number of carbonyl (C=O) groups excluding carboxylic acids is 1. The van der Waals surface area contributed by atoms with Crippen molar-refractivity contribution >= 4 is 18.3 Å². The molecule has 1 aromatic rings. The van der Waals surface area contributed by atoms with Crippen LogP contribution in [-0.4, -0.2) is 50.1 Å². The molecule has 2 N–H and O–H groups in total. The number of rotatable bonds is 4. The van der Waals surface area contributed by atoms with Gasteiger partial charge in [-0.25, -0.2) is 0 Å². The van der Waals surface area contributed by atoms with Crippen LogP contribution in [0.25, 0.3) is 0 Å². The lowest BCUT2D eigenvalue weighted by Crippen LogP contribution is -2.46. The SMILES string of the molecule is CC(C)(C)c1ccc(C(=O)NCCN2CCNCC2)cc1.Cl. The molecule has 1 amide bonds. The number of benzene rings is 1. The second-order valence-corrected chi connectivity index (χ2v) is 6.67. The van der Waals surface area contributed by atoms with Gasteiger partial charge in [-0.1, -0.05) is 32.9 Å². The minimum Gasteiger partial charge on any atom is -0.351 e. The Bertz CT molecular complexity index is 462. The van der Waals surface area contributed by atoms with Gasteiger partial charge in [-0.2, -0.15) is 0 Å². The monoisotopic (exact) mass is 325 g/mol. The van der Waals surface area contributed by atoms with Crippen molar-refractivity contribution in [2.75, 3.05) is 39.3 Å². The molecule has 1 aromatic carbocycles. The molecule has 0 spiro atoms. The smallest absolute Gasteiger partial charge is 0.251 e. The van der Waals surface area contributed by atoms with E-state index < -0.39 is 0 Å². The highest BCUT2D eigenvalue weighted by Gasteiger charge is 2.14. The van der Waals surface area contributed by atoms with Gasteiger partial charge in [0.15, 0.2) is 0 Å². The van der Waals surface area contributed by atoms with E-state index in [1.165, 1.54) is 5.56 Å². The summed E-state index contributed by atoms with van der Waals surface area (Å²) in [6.07, 6.45) is 0. The second-order valence-electron chi connectivity index (χ2n) is 6.67. The Morgan fingerprint density at radius 1 is 1.18 bits per heavy atom. The zero-order valence-electron chi connectivity index (χ0n) is 13.8. The van der Waals surface area contributed by atoms with Crippen LogP contribution < -0.4 is 10.6 Å². The summed E-state index contributed by atoms with van der Waals surface area (Å²) in [7, 11) is 0. The van der Waals surface area contributed by atoms with Gasteiger partial charge in [0.2, 0.25) is 0 Å². The molecule has 0 bridgehead atoms. The largest absolute Gasteiger partial charge is 0.351 e. The molecule has 0 unspecified atom stereocenters. The van der Waals surface area contributed by atoms with Crippen molar-refractivity contribution in [2.45, 2.75) is 26.2 Å². The third-order valence-electron chi connectivity index (χ3n) is 3.94. The number of nitrogens with one attached hydrogen (secondary N) is 2. The Morgan fingerprint density at radius 3 is 2.32 bits per heavy atom. The zero-order chi connectivity index (χ0) is 15.3. The molecule has 0 aliphatic carbocycles. The number of hydrogen-bond donors (Lipinski definition) is 2. The number of carbonyl (C=O) groups is 1. The highest BCUT2D eigenvalue weighted by Crippen LogP contribution is 2.22. The molecular formula is C17H28ClN3O. The zero-order valence-corrected chi connectivity index (χ0v) is 14.6. The molecule has 22 heavy (non-hydrogen) atoms. The first-order chi connectivity index (χ1) is 9.97. The van der Waals surface area contributed by atoms with Crippen molar-refractivity contribution in [3.05, 3.63) is 35.4 Å². The Morgan fingerprint density at radius 2 is 1.77 bits per heavy atom. The summed E-state index contributed by atoms with van der Waals surface area (Å²) >= 11 is 0. The van der Waals surface area contributed by atoms with Crippen molar-refractivity contribution < 1.29 is 4.79 Å². The van der Waals surface area contributed by atoms with Crippen LogP contribution in [0.2, 0.25) is 0 Å². The highest BCUT2D eigenvalue weighted by molar-refractivity contribution is 5.94. The fourth-order valence-electron chi connectivity index (χ4n) is 2.49. The van der Waals surface area contributed by atoms with Gasteiger partial charge in [0, 0.05) is 44.8 Å². The predicted molar refractivity (Wildman–Crippen MR) is 94.0 cm³/mol. The van der Waals surface area contributed by atoms with Crippen molar-refractivity contribution in [1.29, 1.82) is 0 Å². The molecule has 2 rings (SSSR count). The maximum Gasteiger partial charge on any atom is 0.251 e. The topological polar surface area (TPSA) is 44.4 Å². The molecule has 0 radical (unpaired) electrons. The van der Waals surface area contributed by atoms with Crippen molar-refractivity contribution in [2.24, 2.45) is 0 Å². The Labute approximate surface area is 140 Å². The van der Waals surface area contributed by atoms with E-state index in [9.17, 15) is 4.79 Å². The van der Waals surface area contributed by atoms with E-state index in [0.29, 0.717) is 6.54 Å². The van der Waals surface area contributed by atoms with Crippen LogP contribution >= 0.6 is 12.4 Å². The van der Waals surface area contributed by atoms with E-state index in [2.05, 4.69) is 36.3 Å². The van der Waals surface area contributed by atoms with Gasteiger partial charge in [0.05, 0.1) is 0 Å². The van der Waals surface area contributed by atoms with Crippen LogP contribution in [0.3, 0.4) is 0 Å². The first-order valence-electron chi connectivity index (χ1n) is 7.78. The van der Waals surface area contributed by atoms with E-state index in [4.69, 9.17) is 0 Å². The van der Waals surface area contributed by atoms with E-state index in [1.54, 1.807) is 0 Å². The lowest BCUT2D eigenvalue weighted by atomic mass is 9.87. The van der Waals surface area contributed by atoms with Gasteiger partial charge < -0.3 is 10.6 Å².